The zero-order chi connectivity index (χ0) is 15.4. The Morgan fingerprint density at radius 2 is 2.00 bits per heavy atom. The van der Waals surface area contributed by atoms with E-state index in [1.807, 2.05) is 0 Å². The van der Waals surface area contributed by atoms with E-state index < -0.39 is 36.0 Å². The van der Waals surface area contributed by atoms with Crippen molar-refractivity contribution in [3.63, 3.8) is 0 Å². The van der Waals surface area contributed by atoms with E-state index in [9.17, 15) is 23.1 Å². The molecule has 2 N–H and O–H groups in total. The monoisotopic (exact) mass is 301 g/mol. The molecule has 1 aliphatic rings. The van der Waals surface area contributed by atoms with Crippen LogP contribution in [0.1, 0.15) is 24.4 Å². The fraction of sp³-hybridized carbons (Fsp3) is 0.357. The van der Waals surface area contributed by atoms with E-state index in [-0.39, 0.29) is 11.3 Å². The number of hydrogen-bond donors (Lipinski definition) is 2. The number of halogens is 3. The fourth-order valence-corrected chi connectivity index (χ4v) is 1.96. The van der Waals surface area contributed by atoms with Gasteiger partial charge in [-0.05, 0) is 36.6 Å². The lowest BCUT2D eigenvalue weighted by Gasteiger charge is -2.20. The molecular weight excluding hydrogens is 287 g/mol. The van der Waals surface area contributed by atoms with E-state index >= 15 is 0 Å². The van der Waals surface area contributed by atoms with Gasteiger partial charge in [0.1, 0.15) is 0 Å². The number of benzene rings is 1. The predicted molar refractivity (Wildman–Crippen MR) is 67.6 cm³/mol. The number of carbonyl (C=O) groups is 1. The maximum atomic E-state index is 13.2. The van der Waals surface area contributed by atoms with Gasteiger partial charge in [-0.2, -0.15) is 0 Å². The molecule has 1 unspecified atom stereocenters. The highest BCUT2D eigenvalue weighted by Gasteiger charge is 2.21. The summed E-state index contributed by atoms with van der Waals surface area (Å²) in [6, 6.07) is 0.402. The first-order valence-corrected chi connectivity index (χ1v) is 6.42. The Balaban J connectivity index is 2.16. The number of rotatable bonds is 4. The standard InChI is InChI=1S/C14H14F3NO3/c15-9-5-8(6-10(16)13(9)17)11(7-19)18-14(20)12-3-1-2-4-21-12/h3,5-6,11,19H,1-2,4,7H2,(H,18,20). The molecular formula is C14H14F3NO3. The van der Waals surface area contributed by atoms with Gasteiger partial charge in [0.05, 0.1) is 19.3 Å². The van der Waals surface area contributed by atoms with Crippen molar-refractivity contribution < 1.29 is 27.8 Å². The van der Waals surface area contributed by atoms with E-state index in [1.54, 1.807) is 6.08 Å². The predicted octanol–water partition coefficient (Wildman–Crippen LogP) is 1.95. The van der Waals surface area contributed by atoms with Crippen molar-refractivity contribution in [2.24, 2.45) is 0 Å². The quantitative estimate of drug-likeness (QED) is 0.836. The Kier molecular flexibility index (Phi) is 4.85. The van der Waals surface area contributed by atoms with E-state index in [0.29, 0.717) is 13.0 Å². The van der Waals surface area contributed by atoms with E-state index in [2.05, 4.69) is 5.32 Å². The maximum absolute atomic E-state index is 13.2. The maximum Gasteiger partial charge on any atom is 0.286 e. The van der Waals surface area contributed by atoms with Gasteiger partial charge in [-0.1, -0.05) is 0 Å². The van der Waals surface area contributed by atoms with Crippen molar-refractivity contribution >= 4 is 5.91 Å². The molecule has 0 radical (unpaired) electrons. The van der Waals surface area contributed by atoms with Crippen LogP contribution in [0, 0.1) is 17.5 Å². The van der Waals surface area contributed by atoms with Crippen LogP contribution in [0.4, 0.5) is 13.2 Å². The molecule has 0 aromatic heterocycles. The van der Waals surface area contributed by atoms with Crippen molar-refractivity contribution in [1.82, 2.24) is 5.32 Å². The molecule has 2 rings (SSSR count). The molecule has 0 spiro atoms. The van der Waals surface area contributed by atoms with Crippen LogP contribution in [0.3, 0.4) is 0 Å². The normalized spacial score (nSPS) is 15.9. The Morgan fingerprint density at radius 1 is 1.33 bits per heavy atom. The molecule has 1 heterocycles. The molecule has 114 valence electrons. The van der Waals surface area contributed by atoms with Gasteiger partial charge in [-0.15, -0.1) is 0 Å². The molecule has 0 fully saturated rings. The summed E-state index contributed by atoms with van der Waals surface area (Å²) in [6.07, 6.45) is 3.08. The van der Waals surface area contributed by atoms with Crippen LogP contribution < -0.4 is 5.32 Å². The average Bonchev–Trinajstić information content (AvgIpc) is 2.50. The largest absolute Gasteiger partial charge is 0.488 e. The number of amides is 1. The lowest BCUT2D eigenvalue weighted by molar-refractivity contribution is -0.122. The minimum Gasteiger partial charge on any atom is -0.488 e. The van der Waals surface area contributed by atoms with E-state index in [1.165, 1.54) is 0 Å². The van der Waals surface area contributed by atoms with Gasteiger partial charge in [-0.25, -0.2) is 13.2 Å². The zero-order valence-electron chi connectivity index (χ0n) is 11.0. The van der Waals surface area contributed by atoms with Crippen LogP contribution >= 0.6 is 0 Å². The third-order valence-corrected chi connectivity index (χ3v) is 3.06. The first-order valence-electron chi connectivity index (χ1n) is 6.42. The molecule has 1 atom stereocenters. The summed E-state index contributed by atoms with van der Waals surface area (Å²) < 4.78 is 44.4. The topological polar surface area (TPSA) is 58.6 Å². The minimum absolute atomic E-state index is 0.0707. The third kappa shape index (κ3) is 3.55. The van der Waals surface area contributed by atoms with Crippen molar-refractivity contribution in [3.05, 3.63) is 47.0 Å². The van der Waals surface area contributed by atoms with Gasteiger partial charge in [-0.3, -0.25) is 4.79 Å². The van der Waals surface area contributed by atoms with E-state index in [0.717, 1.165) is 18.6 Å². The number of hydrogen-bond acceptors (Lipinski definition) is 3. The summed E-state index contributed by atoms with van der Waals surface area (Å²) in [7, 11) is 0. The Morgan fingerprint density at radius 3 is 2.52 bits per heavy atom. The molecule has 7 heteroatoms. The smallest absolute Gasteiger partial charge is 0.286 e. The third-order valence-electron chi connectivity index (χ3n) is 3.06. The molecule has 0 aliphatic carbocycles. The second kappa shape index (κ2) is 6.62. The first kappa shape index (κ1) is 15.4. The summed E-state index contributed by atoms with van der Waals surface area (Å²) in [4.78, 5) is 11.9. The molecule has 0 bridgehead atoms. The Labute approximate surface area is 119 Å². The molecule has 0 saturated heterocycles. The van der Waals surface area contributed by atoms with Gasteiger partial charge in [0.25, 0.3) is 5.91 Å². The SMILES string of the molecule is O=C(NC(CO)c1cc(F)c(F)c(F)c1)C1=CCCCO1. The van der Waals surface area contributed by atoms with Crippen LogP contribution in [0.2, 0.25) is 0 Å². The zero-order valence-corrected chi connectivity index (χ0v) is 11.0. The second-order valence-electron chi connectivity index (χ2n) is 4.57. The molecule has 4 nitrogen and oxygen atoms in total. The summed E-state index contributed by atoms with van der Waals surface area (Å²) >= 11 is 0. The van der Waals surface area contributed by atoms with Crippen LogP contribution in [0.25, 0.3) is 0 Å². The summed E-state index contributed by atoms with van der Waals surface area (Å²) in [5, 5.41) is 11.7. The van der Waals surface area contributed by atoms with Gasteiger partial charge in [0, 0.05) is 0 Å². The lowest BCUT2D eigenvalue weighted by Crippen LogP contribution is -2.33. The molecule has 1 aliphatic heterocycles. The molecule has 1 aromatic carbocycles. The first-order chi connectivity index (χ1) is 10.0. The average molecular weight is 301 g/mol. The van der Waals surface area contributed by atoms with Gasteiger partial charge in [0.2, 0.25) is 0 Å². The number of allylic oxidation sites excluding steroid dienone is 1. The number of aliphatic hydroxyl groups is 1. The van der Waals surface area contributed by atoms with Crippen molar-refractivity contribution in [1.29, 1.82) is 0 Å². The van der Waals surface area contributed by atoms with Gasteiger partial charge in [0.15, 0.2) is 23.2 Å². The number of ether oxygens (including phenoxy) is 1. The molecule has 1 aromatic rings. The van der Waals surface area contributed by atoms with Crippen molar-refractivity contribution in [2.45, 2.75) is 18.9 Å². The summed E-state index contributed by atoms with van der Waals surface area (Å²) in [6.45, 7) is -0.188. The summed E-state index contributed by atoms with van der Waals surface area (Å²) in [5.41, 5.74) is -0.0707. The second-order valence-corrected chi connectivity index (χ2v) is 4.57. The van der Waals surface area contributed by atoms with Crippen molar-refractivity contribution in [3.8, 4) is 0 Å². The lowest BCUT2D eigenvalue weighted by atomic mass is 10.1. The highest BCUT2D eigenvalue weighted by molar-refractivity contribution is 5.91. The summed E-state index contributed by atoms with van der Waals surface area (Å²) in [5.74, 6) is -4.86. The Bertz CT molecular complexity index is 552. The van der Waals surface area contributed by atoms with Crippen LogP contribution in [0.5, 0.6) is 0 Å². The number of carbonyl (C=O) groups excluding carboxylic acids is 1. The fourth-order valence-electron chi connectivity index (χ4n) is 1.96. The minimum atomic E-state index is -1.60. The van der Waals surface area contributed by atoms with Crippen molar-refractivity contribution in [2.75, 3.05) is 13.2 Å². The molecule has 0 saturated carbocycles. The molecule has 21 heavy (non-hydrogen) atoms. The van der Waals surface area contributed by atoms with Crippen LogP contribution in [-0.4, -0.2) is 24.2 Å². The highest BCUT2D eigenvalue weighted by atomic mass is 19.2. The van der Waals surface area contributed by atoms with E-state index in [4.69, 9.17) is 4.74 Å². The Hall–Kier alpha value is -2.02. The highest BCUT2D eigenvalue weighted by Crippen LogP contribution is 2.20. The van der Waals surface area contributed by atoms with Crippen LogP contribution in [0.15, 0.2) is 24.0 Å². The van der Waals surface area contributed by atoms with Gasteiger partial charge < -0.3 is 15.2 Å². The number of nitrogens with one attached hydrogen (secondary N) is 1. The number of aliphatic hydroxyl groups excluding tert-OH is 1. The van der Waals surface area contributed by atoms with Gasteiger partial charge >= 0.3 is 0 Å². The van der Waals surface area contributed by atoms with Crippen LogP contribution in [-0.2, 0) is 9.53 Å². The molecule has 1 amide bonds.